The summed E-state index contributed by atoms with van der Waals surface area (Å²) < 4.78 is 5.26. The van der Waals surface area contributed by atoms with E-state index in [2.05, 4.69) is 4.98 Å². The minimum Gasteiger partial charge on any atom is -0.505 e. The van der Waals surface area contributed by atoms with Crippen molar-refractivity contribution >= 4 is 46.3 Å². The number of hydrogen-bond acceptors (Lipinski definition) is 5. The number of aromatic nitrogens is 1. The Morgan fingerprint density at radius 2 is 1.88 bits per heavy atom. The van der Waals surface area contributed by atoms with E-state index < -0.39 is 0 Å². The average Bonchev–Trinajstić information content (AvgIpc) is 2.84. The number of H-pyrrole nitrogens is 1. The molecule has 0 aliphatic heterocycles. The first-order valence-corrected chi connectivity index (χ1v) is 8.14. The zero-order valence-corrected chi connectivity index (χ0v) is 15.3. The van der Waals surface area contributed by atoms with Gasteiger partial charge in [-0.05, 0) is 54.9 Å². The van der Waals surface area contributed by atoms with E-state index in [0.29, 0.717) is 21.2 Å². The fourth-order valence-corrected chi connectivity index (χ4v) is 2.77. The number of fused-ring (bicyclic) bond motifs is 1. The molecule has 0 unspecified atom stereocenters. The number of phenolic OH excluding ortho intramolecular Hbond substituents is 1. The Morgan fingerprint density at radius 1 is 1.21 bits per heavy atom. The summed E-state index contributed by atoms with van der Waals surface area (Å²) in [5, 5.41) is 10.1. The smallest absolute Gasteiger partial charge is 0.266 e. The third-order valence-corrected chi connectivity index (χ3v) is 3.89. The Morgan fingerprint density at radius 3 is 2.50 bits per heavy atom. The molecule has 0 amide bonds. The Bertz CT molecular complexity index is 931. The van der Waals surface area contributed by atoms with Gasteiger partial charge in [0, 0.05) is 16.3 Å². The van der Waals surface area contributed by atoms with E-state index in [0.717, 1.165) is 22.2 Å². The van der Waals surface area contributed by atoms with Gasteiger partial charge in [0.25, 0.3) is 4.84 Å². The van der Waals surface area contributed by atoms with Crippen LogP contribution >= 0.6 is 23.8 Å². The second kappa shape index (κ2) is 7.15. The number of hydrogen-bond donors (Lipinski definition) is 4. The summed E-state index contributed by atoms with van der Waals surface area (Å²) in [6.07, 6.45) is 0. The third kappa shape index (κ3) is 4.01. The zero-order chi connectivity index (χ0) is 18.0. The summed E-state index contributed by atoms with van der Waals surface area (Å²) in [4.78, 5) is 3.30. The standard InChI is InChI=1S/C9H12ClNO.C8H8N2OS/c1-5(2)7-3-6(10)4-8(11)9(7)12;1-4-2-5(9)3-6-7(4)11-8(12)10-6/h3-5,12H,11H2,1-2H3;2-3H,9H2,1H3,(H,10,12). The van der Waals surface area contributed by atoms with Crippen molar-refractivity contribution in [3.8, 4) is 5.75 Å². The number of nitrogen functional groups attached to an aromatic ring is 2. The van der Waals surface area contributed by atoms with Gasteiger partial charge in [-0.15, -0.1) is 0 Å². The van der Waals surface area contributed by atoms with Gasteiger partial charge in [-0.3, -0.25) is 0 Å². The minimum absolute atomic E-state index is 0.148. The van der Waals surface area contributed by atoms with E-state index in [1.807, 2.05) is 32.9 Å². The van der Waals surface area contributed by atoms with Crippen LogP contribution in [0, 0.1) is 11.8 Å². The first-order chi connectivity index (χ1) is 11.2. The molecule has 2 aromatic carbocycles. The van der Waals surface area contributed by atoms with E-state index in [1.54, 1.807) is 12.1 Å². The van der Waals surface area contributed by atoms with Crippen molar-refractivity contribution in [3.05, 3.63) is 45.3 Å². The monoisotopic (exact) mass is 365 g/mol. The topological polar surface area (TPSA) is 101 Å². The number of nitrogens with two attached hydrogens (primary N) is 2. The molecule has 128 valence electrons. The molecule has 5 nitrogen and oxygen atoms in total. The molecule has 6 N–H and O–H groups in total. The molecule has 3 aromatic rings. The normalized spacial score (nSPS) is 10.7. The SMILES string of the molecule is CC(C)c1cc(Cl)cc(N)c1O.Cc1cc(N)cc2[nH]c(=S)oc12. The average molecular weight is 366 g/mol. The van der Waals surface area contributed by atoms with Crippen molar-refractivity contribution < 1.29 is 9.52 Å². The Balaban J connectivity index is 0.000000174. The molecule has 7 heteroatoms. The molecular weight excluding hydrogens is 346 g/mol. The molecule has 0 aliphatic rings. The molecule has 0 radical (unpaired) electrons. The lowest BCUT2D eigenvalue weighted by Crippen LogP contribution is -1.93. The van der Waals surface area contributed by atoms with Crippen LogP contribution in [0.15, 0.2) is 28.7 Å². The molecular formula is C17H20ClN3O2S. The number of nitrogens with one attached hydrogen (secondary N) is 1. The number of aromatic hydroxyl groups is 1. The van der Waals surface area contributed by atoms with E-state index in [9.17, 15) is 5.11 Å². The first-order valence-electron chi connectivity index (χ1n) is 7.36. The van der Waals surface area contributed by atoms with Crippen LogP contribution in [0.2, 0.25) is 5.02 Å². The number of halogens is 1. The molecule has 0 atom stereocenters. The van der Waals surface area contributed by atoms with Crippen molar-refractivity contribution in [2.45, 2.75) is 26.7 Å². The van der Waals surface area contributed by atoms with Crippen LogP contribution in [0.5, 0.6) is 5.75 Å². The lowest BCUT2D eigenvalue weighted by molar-refractivity contribution is 0.467. The predicted octanol–water partition coefficient (Wildman–Crippen LogP) is 5.13. The minimum atomic E-state index is 0.148. The van der Waals surface area contributed by atoms with Gasteiger partial charge in [0.15, 0.2) is 5.58 Å². The zero-order valence-electron chi connectivity index (χ0n) is 13.7. The van der Waals surface area contributed by atoms with Gasteiger partial charge in [0.05, 0.1) is 11.2 Å². The molecule has 0 spiro atoms. The van der Waals surface area contributed by atoms with Crippen LogP contribution in [0.25, 0.3) is 11.1 Å². The quantitative estimate of drug-likeness (QED) is 0.272. The number of oxazole rings is 1. The third-order valence-electron chi connectivity index (χ3n) is 3.48. The molecule has 0 saturated carbocycles. The first kappa shape index (κ1) is 18.2. The van der Waals surface area contributed by atoms with Crippen LogP contribution in [0.3, 0.4) is 0 Å². The number of aromatic amines is 1. The second-order valence-electron chi connectivity index (χ2n) is 5.82. The van der Waals surface area contributed by atoms with Gasteiger partial charge < -0.3 is 26.0 Å². The Kier molecular flexibility index (Phi) is 5.41. The molecule has 0 bridgehead atoms. The van der Waals surface area contributed by atoms with Gasteiger partial charge in [0.1, 0.15) is 5.75 Å². The molecule has 0 saturated heterocycles. The summed E-state index contributed by atoms with van der Waals surface area (Å²) >= 11 is 10.6. The van der Waals surface area contributed by atoms with Crippen LogP contribution < -0.4 is 11.5 Å². The van der Waals surface area contributed by atoms with Crippen LogP contribution in [0.1, 0.15) is 30.9 Å². The second-order valence-corrected chi connectivity index (χ2v) is 6.62. The molecule has 1 aromatic heterocycles. The summed E-state index contributed by atoms with van der Waals surface area (Å²) in [6, 6.07) is 6.94. The number of aryl methyl sites for hydroxylation is 1. The highest BCUT2D eigenvalue weighted by Crippen LogP contribution is 2.33. The number of phenols is 1. The maximum atomic E-state index is 9.51. The van der Waals surface area contributed by atoms with E-state index in [4.69, 9.17) is 39.7 Å². The van der Waals surface area contributed by atoms with E-state index >= 15 is 0 Å². The maximum Gasteiger partial charge on any atom is 0.266 e. The van der Waals surface area contributed by atoms with Crippen molar-refractivity contribution in [3.63, 3.8) is 0 Å². The molecule has 0 aliphatic carbocycles. The van der Waals surface area contributed by atoms with E-state index in [-0.39, 0.29) is 11.7 Å². The number of rotatable bonds is 1. The molecule has 24 heavy (non-hydrogen) atoms. The summed E-state index contributed by atoms with van der Waals surface area (Å²) in [5.41, 5.74) is 15.7. The molecule has 1 heterocycles. The van der Waals surface area contributed by atoms with Crippen molar-refractivity contribution in [2.24, 2.45) is 0 Å². The summed E-state index contributed by atoms with van der Waals surface area (Å²) in [5.74, 6) is 0.375. The van der Waals surface area contributed by atoms with Crippen molar-refractivity contribution in [2.75, 3.05) is 11.5 Å². The maximum absolute atomic E-state index is 9.51. The fraction of sp³-hybridized carbons (Fsp3) is 0.235. The van der Waals surface area contributed by atoms with Crippen LogP contribution in [-0.2, 0) is 0 Å². The Hall–Kier alpha value is -2.18. The number of benzene rings is 2. The predicted molar refractivity (Wildman–Crippen MR) is 102 cm³/mol. The van der Waals surface area contributed by atoms with Crippen LogP contribution in [-0.4, -0.2) is 10.1 Å². The summed E-state index contributed by atoms with van der Waals surface area (Å²) in [6.45, 7) is 5.89. The number of anilines is 2. The molecule has 3 rings (SSSR count). The molecule has 0 fully saturated rings. The van der Waals surface area contributed by atoms with E-state index in [1.165, 1.54) is 0 Å². The van der Waals surface area contributed by atoms with Crippen molar-refractivity contribution in [1.82, 2.24) is 4.98 Å². The summed E-state index contributed by atoms with van der Waals surface area (Å²) in [7, 11) is 0. The highest BCUT2D eigenvalue weighted by Gasteiger charge is 2.09. The van der Waals surface area contributed by atoms with Crippen molar-refractivity contribution in [1.29, 1.82) is 0 Å². The van der Waals surface area contributed by atoms with Gasteiger partial charge >= 0.3 is 0 Å². The van der Waals surface area contributed by atoms with Gasteiger partial charge in [-0.2, -0.15) is 0 Å². The van der Waals surface area contributed by atoms with Gasteiger partial charge in [-0.25, -0.2) is 0 Å². The van der Waals surface area contributed by atoms with Crippen LogP contribution in [0.4, 0.5) is 11.4 Å². The Labute approximate surface area is 150 Å². The largest absolute Gasteiger partial charge is 0.505 e. The highest BCUT2D eigenvalue weighted by atomic mass is 35.5. The van der Waals surface area contributed by atoms with Gasteiger partial charge in [0.2, 0.25) is 0 Å². The lowest BCUT2D eigenvalue weighted by atomic mass is 10.0. The van der Waals surface area contributed by atoms with Gasteiger partial charge in [-0.1, -0.05) is 25.4 Å². The fourth-order valence-electron chi connectivity index (χ4n) is 2.34. The lowest BCUT2D eigenvalue weighted by Gasteiger charge is -2.10. The highest BCUT2D eigenvalue weighted by molar-refractivity contribution is 7.71.